The Bertz CT molecular complexity index is 723. The zero-order valence-electron chi connectivity index (χ0n) is 10.2. The van der Waals surface area contributed by atoms with Gasteiger partial charge in [-0.1, -0.05) is 6.07 Å². The molecule has 0 saturated carbocycles. The van der Waals surface area contributed by atoms with Crippen LogP contribution < -0.4 is 11.1 Å². The molecule has 0 atom stereocenters. The molecule has 0 bridgehead atoms. The predicted octanol–water partition coefficient (Wildman–Crippen LogP) is 2.72. The highest BCUT2D eigenvalue weighted by Gasteiger charge is 2.13. The molecule has 0 spiro atoms. The summed E-state index contributed by atoms with van der Waals surface area (Å²) in [4.78, 5) is 11.1. The predicted molar refractivity (Wildman–Crippen MR) is 72.2 cm³/mol. The second kappa shape index (κ2) is 5.28. The molecule has 0 unspecified atom stereocenters. The third-order valence-electron chi connectivity index (χ3n) is 2.67. The fourth-order valence-corrected chi connectivity index (χ4v) is 1.74. The Balaban J connectivity index is 2.51. The number of nitrogen functional groups attached to an aromatic ring is 1. The molecule has 0 aromatic heterocycles. The van der Waals surface area contributed by atoms with E-state index in [1.807, 2.05) is 0 Å². The summed E-state index contributed by atoms with van der Waals surface area (Å²) in [6.07, 6.45) is 0. The van der Waals surface area contributed by atoms with Crippen LogP contribution in [0.4, 0.5) is 21.5 Å². The molecule has 100 valence electrons. The SMILES string of the molecule is N#Cc1c(F)cccc1Nc1cc(N)ccc1C(=O)O. The molecular weight excluding hydrogens is 261 g/mol. The van der Waals surface area contributed by atoms with Crippen LogP contribution in [0.1, 0.15) is 15.9 Å². The van der Waals surface area contributed by atoms with Gasteiger partial charge in [-0.3, -0.25) is 0 Å². The highest BCUT2D eigenvalue weighted by molar-refractivity contribution is 5.96. The van der Waals surface area contributed by atoms with Crippen molar-refractivity contribution >= 4 is 23.0 Å². The Labute approximate surface area is 114 Å². The zero-order valence-corrected chi connectivity index (χ0v) is 10.2. The van der Waals surface area contributed by atoms with Crippen molar-refractivity contribution in [2.75, 3.05) is 11.1 Å². The van der Waals surface area contributed by atoms with Crippen molar-refractivity contribution in [2.45, 2.75) is 0 Å². The summed E-state index contributed by atoms with van der Waals surface area (Å²) in [6, 6.07) is 9.99. The highest BCUT2D eigenvalue weighted by atomic mass is 19.1. The first kappa shape index (κ1) is 13.4. The van der Waals surface area contributed by atoms with Crippen LogP contribution in [0.25, 0.3) is 0 Å². The van der Waals surface area contributed by atoms with E-state index in [-0.39, 0.29) is 22.5 Å². The van der Waals surface area contributed by atoms with Gasteiger partial charge in [-0.05, 0) is 30.3 Å². The number of anilines is 3. The van der Waals surface area contributed by atoms with Crippen molar-refractivity contribution in [1.82, 2.24) is 0 Å². The van der Waals surface area contributed by atoms with Crippen LogP contribution in [-0.2, 0) is 0 Å². The number of nitrogens with one attached hydrogen (secondary N) is 1. The molecule has 0 saturated heterocycles. The van der Waals surface area contributed by atoms with Crippen LogP contribution in [-0.4, -0.2) is 11.1 Å². The number of nitriles is 1. The zero-order chi connectivity index (χ0) is 14.7. The van der Waals surface area contributed by atoms with E-state index in [0.29, 0.717) is 5.69 Å². The average Bonchev–Trinajstić information content (AvgIpc) is 2.38. The largest absolute Gasteiger partial charge is 0.478 e. The monoisotopic (exact) mass is 271 g/mol. The minimum Gasteiger partial charge on any atom is -0.478 e. The summed E-state index contributed by atoms with van der Waals surface area (Å²) in [5, 5.41) is 20.8. The summed E-state index contributed by atoms with van der Waals surface area (Å²) in [7, 11) is 0. The Kier molecular flexibility index (Phi) is 3.53. The summed E-state index contributed by atoms with van der Waals surface area (Å²) < 4.78 is 13.5. The maximum absolute atomic E-state index is 13.5. The number of hydrogen-bond acceptors (Lipinski definition) is 4. The molecule has 0 radical (unpaired) electrons. The van der Waals surface area contributed by atoms with Gasteiger partial charge in [0.1, 0.15) is 17.4 Å². The van der Waals surface area contributed by atoms with Crippen LogP contribution in [0, 0.1) is 17.1 Å². The fraction of sp³-hybridized carbons (Fsp3) is 0. The molecule has 2 rings (SSSR count). The fourth-order valence-electron chi connectivity index (χ4n) is 1.74. The number of nitrogens with two attached hydrogens (primary N) is 1. The van der Waals surface area contributed by atoms with E-state index in [9.17, 15) is 9.18 Å². The van der Waals surface area contributed by atoms with Gasteiger partial charge in [0.2, 0.25) is 0 Å². The minimum atomic E-state index is -1.15. The molecule has 0 heterocycles. The molecule has 0 aliphatic heterocycles. The first-order chi connectivity index (χ1) is 9.52. The topological polar surface area (TPSA) is 99.1 Å². The molecule has 0 aliphatic rings. The van der Waals surface area contributed by atoms with Crippen LogP contribution in [0.2, 0.25) is 0 Å². The number of hydrogen-bond donors (Lipinski definition) is 3. The smallest absolute Gasteiger partial charge is 0.337 e. The average molecular weight is 271 g/mol. The molecule has 4 N–H and O–H groups in total. The van der Waals surface area contributed by atoms with E-state index in [2.05, 4.69) is 5.32 Å². The standard InChI is InChI=1S/C14H10FN3O2/c15-11-2-1-3-12(10(11)7-16)18-13-6-8(17)4-5-9(13)14(19)20/h1-6,18H,17H2,(H,19,20). The summed E-state index contributed by atoms with van der Waals surface area (Å²) >= 11 is 0. The number of halogens is 1. The normalized spacial score (nSPS) is 9.80. The minimum absolute atomic E-state index is 0.0210. The van der Waals surface area contributed by atoms with Gasteiger partial charge in [0.15, 0.2) is 0 Å². The van der Waals surface area contributed by atoms with Gasteiger partial charge in [-0.15, -0.1) is 0 Å². The molecular formula is C14H10FN3O2. The summed E-state index contributed by atoms with van der Waals surface area (Å²) in [5.74, 6) is -1.83. The second-order valence-corrected chi connectivity index (χ2v) is 4.01. The third-order valence-corrected chi connectivity index (χ3v) is 2.67. The van der Waals surface area contributed by atoms with Crippen molar-refractivity contribution in [3.05, 3.63) is 53.3 Å². The van der Waals surface area contributed by atoms with E-state index in [0.717, 1.165) is 6.07 Å². The first-order valence-electron chi connectivity index (χ1n) is 5.61. The third kappa shape index (κ3) is 2.52. The Hall–Kier alpha value is -3.07. The number of rotatable bonds is 3. The Morgan fingerprint density at radius 2 is 2.05 bits per heavy atom. The van der Waals surface area contributed by atoms with E-state index in [1.165, 1.54) is 30.3 Å². The number of nitrogens with zero attached hydrogens (tertiary/aromatic N) is 1. The quantitative estimate of drug-likeness (QED) is 0.745. The highest BCUT2D eigenvalue weighted by Crippen LogP contribution is 2.26. The van der Waals surface area contributed by atoms with Crippen molar-refractivity contribution < 1.29 is 14.3 Å². The van der Waals surface area contributed by atoms with Gasteiger partial charge in [-0.2, -0.15) is 5.26 Å². The number of aromatic carboxylic acids is 1. The van der Waals surface area contributed by atoms with Crippen LogP contribution in [0.5, 0.6) is 0 Å². The molecule has 0 aliphatic carbocycles. The van der Waals surface area contributed by atoms with Crippen molar-refractivity contribution in [2.24, 2.45) is 0 Å². The van der Waals surface area contributed by atoms with E-state index < -0.39 is 11.8 Å². The maximum Gasteiger partial charge on any atom is 0.337 e. The number of carboxylic acid groups (broad SMARTS) is 1. The van der Waals surface area contributed by atoms with Crippen molar-refractivity contribution in [1.29, 1.82) is 5.26 Å². The van der Waals surface area contributed by atoms with Gasteiger partial charge in [-0.25, -0.2) is 9.18 Å². The molecule has 0 amide bonds. The van der Waals surface area contributed by atoms with Crippen molar-refractivity contribution in [3.63, 3.8) is 0 Å². The van der Waals surface area contributed by atoms with Gasteiger partial charge in [0.25, 0.3) is 0 Å². The summed E-state index contributed by atoms with van der Waals surface area (Å²) in [5.41, 5.74) is 6.13. The lowest BCUT2D eigenvalue weighted by Gasteiger charge is -2.12. The Morgan fingerprint density at radius 1 is 1.30 bits per heavy atom. The van der Waals surface area contributed by atoms with E-state index in [1.54, 1.807) is 6.07 Å². The van der Waals surface area contributed by atoms with Crippen LogP contribution in [0.3, 0.4) is 0 Å². The first-order valence-corrected chi connectivity index (χ1v) is 5.61. The van der Waals surface area contributed by atoms with Gasteiger partial charge < -0.3 is 16.2 Å². The van der Waals surface area contributed by atoms with Gasteiger partial charge in [0.05, 0.1) is 16.9 Å². The molecule has 6 heteroatoms. The lowest BCUT2D eigenvalue weighted by atomic mass is 10.1. The molecule has 2 aromatic rings. The van der Waals surface area contributed by atoms with E-state index in [4.69, 9.17) is 16.1 Å². The molecule has 2 aromatic carbocycles. The Morgan fingerprint density at radius 3 is 2.70 bits per heavy atom. The second-order valence-electron chi connectivity index (χ2n) is 4.01. The van der Waals surface area contributed by atoms with Gasteiger partial charge >= 0.3 is 5.97 Å². The van der Waals surface area contributed by atoms with Crippen LogP contribution in [0.15, 0.2) is 36.4 Å². The van der Waals surface area contributed by atoms with Crippen molar-refractivity contribution in [3.8, 4) is 6.07 Å². The number of carboxylic acids is 1. The van der Waals surface area contributed by atoms with Crippen LogP contribution >= 0.6 is 0 Å². The van der Waals surface area contributed by atoms with E-state index >= 15 is 0 Å². The lowest BCUT2D eigenvalue weighted by Crippen LogP contribution is -2.05. The number of carbonyl (C=O) groups is 1. The summed E-state index contributed by atoms with van der Waals surface area (Å²) in [6.45, 7) is 0. The van der Waals surface area contributed by atoms with Gasteiger partial charge in [0, 0.05) is 5.69 Å². The lowest BCUT2D eigenvalue weighted by molar-refractivity contribution is 0.0698. The molecule has 0 fully saturated rings. The number of benzene rings is 2. The molecule has 5 nitrogen and oxygen atoms in total. The molecule has 20 heavy (non-hydrogen) atoms. The maximum atomic E-state index is 13.5.